The highest BCUT2D eigenvalue weighted by Gasteiger charge is 2.18. The molecule has 1 unspecified atom stereocenters. The molecule has 1 atom stereocenters. The lowest BCUT2D eigenvalue weighted by Gasteiger charge is -2.06. The fraction of sp³-hybridized carbons (Fsp3) is 0.429. The Morgan fingerprint density at radius 3 is 2.50 bits per heavy atom. The number of rotatable bonds is 4. The van der Waals surface area contributed by atoms with Crippen LogP contribution in [0.2, 0.25) is 0 Å². The minimum atomic E-state index is -0.451. The second-order valence-electron chi connectivity index (χ2n) is 3.87. The lowest BCUT2D eigenvalue weighted by Crippen LogP contribution is -2.13. The number of hydrogen-bond acceptors (Lipinski definition) is 4. The molecular formula is C14H18O4. The van der Waals surface area contributed by atoms with Crippen LogP contribution in [-0.4, -0.2) is 25.2 Å². The van der Waals surface area contributed by atoms with E-state index in [-0.39, 0.29) is 11.9 Å². The normalized spacial score (nSPS) is 18.5. The van der Waals surface area contributed by atoms with Crippen molar-refractivity contribution in [3.63, 3.8) is 0 Å². The van der Waals surface area contributed by atoms with Crippen molar-refractivity contribution in [3.8, 4) is 0 Å². The predicted octanol–water partition coefficient (Wildman–Crippen LogP) is 2.17. The van der Waals surface area contributed by atoms with Crippen molar-refractivity contribution < 1.29 is 19.1 Å². The Labute approximate surface area is 107 Å². The third-order valence-corrected chi connectivity index (χ3v) is 2.38. The van der Waals surface area contributed by atoms with Gasteiger partial charge in [0.25, 0.3) is 0 Å². The Morgan fingerprint density at radius 1 is 1.22 bits per heavy atom. The zero-order chi connectivity index (χ0) is 13.5. The van der Waals surface area contributed by atoms with Crippen LogP contribution in [0.1, 0.15) is 20.8 Å². The molecule has 0 aromatic heterocycles. The maximum atomic E-state index is 11.6. The predicted molar refractivity (Wildman–Crippen MR) is 67.7 cm³/mol. The lowest BCUT2D eigenvalue weighted by molar-refractivity contribution is -0.145. The van der Waals surface area contributed by atoms with E-state index in [9.17, 15) is 9.59 Å². The summed E-state index contributed by atoms with van der Waals surface area (Å²) in [5.74, 6) is -1.15. The van der Waals surface area contributed by atoms with Crippen molar-refractivity contribution in [2.75, 3.05) is 13.2 Å². The molecule has 0 aliphatic heterocycles. The van der Waals surface area contributed by atoms with Crippen molar-refractivity contribution in [1.82, 2.24) is 0 Å². The van der Waals surface area contributed by atoms with Crippen LogP contribution < -0.4 is 0 Å². The minimum absolute atomic E-state index is 0.313. The highest BCUT2D eigenvalue weighted by atomic mass is 16.5. The fourth-order valence-corrected chi connectivity index (χ4v) is 1.61. The van der Waals surface area contributed by atoms with Gasteiger partial charge in [0.1, 0.15) is 0 Å². The number of allylic oxidation sites excluding steroid dienone is 2. The molecule has 0 aromatic rings. The summed E-state index contributed by atoms with van der Waals surface area (Å²) in [6, 6.07) is 0. The quantitative estimate of drug-likeness (QED) is 0.717. The van der Waals surface area contributed by atoms with E-state index in [1.165, 1.54) is 0 Å². The van der Waals surface area contributed by atoms with Gasteiger partial charge in [-0.3, -0.25) is 4.79 Å². The molecule has 0 aromatic carbocycles. The second-order valence-corrected chi connectivity index (χ2v) is 3.87. The van der Waals surface area contributed by atoms with E-state index >= 15 is 0 Å². The third-order valence-electron chi connectivity index (χ3n) is 2.38. The molecule has 0 amide bonds. The molecule has 98 valence electrons. The molecule has 0 spiro atoms. The molecule has 0 fully saturated rings. The summed E-state index contributed by atoms with van der Waals surface area (Å²) in [6.45, 7) is 6.01. The van der Waals surface area contributed by atoms with E-state index < -0.39 is 5.92 Å². The van der Waals surface area contributed by atoms with Crippen molar-refractivity contribution >= 4 is 11.9 Å². The molecular weight excluding hydrogens is 232 g/mol. The molecule has 0 N–H and O–H groups in total. The molecule has 1 aliphatic carbocycles. The molecule has 0 radical (unpaired) electrons. The fourth-order valence-electron chi connectivity index (χ4n) is 1.61. The van der Waals surface area contributed by atoms with Crippen LogP contribution in [0, 0.1) is 5.92 Å². The van der Waals surface area contributed by atoms with Gasteiger partial charge in [-0.25, -0.2) is 4.79 Å². The first-order chi connectivity index (χ1) is 8.58. The van der Waals surface area contributed by atoms with Gasteiger partial charge in [-0.1, -0.05) is 23.8 Å². The second kappa shape index (κ2) is 6.79. The summed E-state index contributed by atoms with van der Waals surface area (Å²) in [7, 11) is 0. The average Bonchev–Trinajstić information content (AvgIpc) is 2.52. The molecule has 1 rings (SSSR count). The average molecular weight is 250 g/mol. The molecule has 4 nitrogen and oxygen atoms in total. The summed E-state index contributed by atoms with van der Waals surface area (Å²) >= 11 is 0. The Hall–Kier alpha value is -1.84. The lowest BCUT2D eigenvalue weighted by atomic mass is 10.1. The standard InChI is InChI=1S/C14H18O4/c1-4-17-13(15)11-6-7-12(9-10(3)8-11)14(16)18-5-2/h6-9,11H,4-5H2,1-3H3. The summed E-state index contributed by atoms with van der Waals surface area (Å²) in [5.41, 5.74) is 1.28. The van der Waals surface area contributed by atoms with Gasteiger partial charge >= 0.3 is 11.9 Å². The zero-order valence-corrected chi connectivity index (χ0v) is 10.9. The smallest absolute Gasteiger partial charge is 0.338 e. The van der Waals surface area contributed by atoms with E-state index in [2.05, 4.69) is 0 Å². The number of ether oxygens (including phenoxy) is 2. The number of hydrogen-bond donors (Lipinski definition) is 0. The van der Waals surface area contributed by atoms with Crippen LogP contribution in [-0.2, 0) is 19.1 Å². The van der Waals surface area contributed by atoms with Gasteiger partial charge in [0.15, 0.2) is 0 Å². The Balaban J connectivity index is 2.86. The Kier molecular flexibility index (Phi) is 5.36. The van der Waals surface area contributed by atoms with E-state index in [4.69, 9.17) is 9.47 Å². The Bertz CT molecular complexity index is 416. The van der Waals surface area contributed by atoms with Crippen LogP contribution >= 0.6 is 0 Å². The number of carbonyl (C=O) groups excluding carboxylic acids is 2. The molecule has 18 heavy (non-hydrogen) atoms. The minimum Gasteiger partial charge on any atom is -0.465 e. The highest BCUT2D eigenvalue weighted by Crippen LogP contribution is 2.17. The summed E-state index contributed by atoms with van der Waals surface area (Å²) < 4.78 is 9.88. The van der Waals surface area contributed by atoms with Gasteiger partial charge in [0.2, 0.25) is 0 Å². The Morgan fingerprint density at radius 2 is 1.89 bits per heavy atom. The van der Waals surface area contributed by atoms with E-state index in [1.54, 1.807) is 38.2 Å². The van der Waals surface area contributed by atoms with Gasteiger partial charge in [-0.15, -0.1) is 0 Å². The molecule has 1 aliphatic rings. The zero-order valence-electron chi connectivity index (χ0n) is 10.9. The van der Waals surface area contributed by atoms with Gasteiger partial charge in [-0.05, 0) is 26.8 Å². The third kappa shape index (κ3) is 3.87. The first-order valence-electron chi connectivity index (χ1n) is 6.00. The van der Waals surface area contributed by atoms with Gasteiger partial charge in [-0.2, -0.15) is 0 Å². The van der Waals surface area contributed by atoms with E-state index in [0.29, 0.717) is 18.8 Å². The van der Waals surface area contributed by atoms with E-state index in [0.717, 1.165) is 5.57 Å². The SMILES string of the molecule is CCOC(=O)C1=CC(C)=CC(C(=O)OCC)C=C1. The van der Waals surface area contributed by atoms with Crippen LogP contribution in [0.3, 0.4) is 0 Å². The topological polar surface area (TPSA) is 52.6 Å². The van der Waals surface area contributed by atoms with Gasteiger partial charge < -0.3 is 9.47 Å². The van der Waals surface area contributed by atoms with Crippen molar-refractivity contribution in [3.05, 3.63) is 35.5 Å². The van der Waals surface area contributed by atoms with Gasteiger partial charge in [0, 0.05) is 0 Å². The summed E-state index contributed by atoms with van der Waals surface area (Å²) in [4.78, 5) is 23.3. The molecule has 0 saturated heterocycles. The summed E-state index contributed by atoms with van der Waals surface area (Å²) in [6.07, 6.45) is 6.72. The largest absolute Gasteiger partial charge is 0.465 e. The molecule has 0 bridgehead atoms. The molecule has 4 heteroatoms. The monoisotopic (exact) mass is 250 g/mol. The number of carbonyl (C=O) groups is 2. The van der Waals surface area contributed by atoms with Crippen LogP contribution in [0.5, 0.6) is 0 Å². The summed E-state index contributed by atoms with van der Waals surface area (Å²) in [5, 5.41) is 0. The van der Waals surface area contributed by atoms with Crippen LogP contribution in [0.4, 0.5) is 0 Å². The van der Waals surface area contributed by atoms with Crippen LogP contribution in [0.15, 0.2) is 35.5 Å². The first-order valence-corrected chi connectivity index (χ1v) is 6.00. The molecule has 0 heterocycles. The van der Waals surface area contributed by atoms with Crippen molar-refractivity contribution in [2.24, 2.45) is 5.92 Å². The van der Waals surface area contributed by atoms with Crippen LogP contribution in [0.25, 0.3) is 0 Å². The van der Waals surface area contributed by atoms with Crippen molar-refractivity contribution in [1.29, 1.82) is 0 Å². The number of esters is 2. The maximum absolute atomic E-state index is 11.6. The van der Waals surface area contributed by atoms with E-state index in [1.807, 2.05) is 6.92 Å². The van der Waals surface area contributed by atoms with Gasteiger partial charge in [0.05, 0.1) is 24.7 Å². The van der Waals surface area contributed by atoms with Crippen molar-refractivity contribution in [2.45, 2.75) is 20.8 Å². The highest BCUT2D eigenvalue weighted by molar-refractivity contribution is 5.93. The maximum Gasteiger partial charge on any atom is 0.338 e. The molecule has 0 saturated carbocycles. The first kappa shape index (κ1) is 14.2.